The molecule has 0 radical (unpaired) electrons. The van der Waals surface area contributed by atoms with Crippen LogP contribution < -0.4 is 5.32 Å². The van der Waals surface area contributed by atoms with Crippen molar-refractivity contribution in [1.29, 1.82) is 0 Å². The SMILES string of the molecule is CCCCCCOC(CCCNC)OCCCCCC. The van der Waals surface area contributed by atoms with E-state index in [1.165, 1.54) is 38.5 Å². The van der Waals surface area contributed by atoms with Gasteiger partial charge in [-0.25, -0.2) is 0 Å². The van der Waals surface area contributed by atoms with Crippen molar-refractivity contribution < 1.29 is 9.47 Å². The molecule has 0 fully saturated rings. The summed E-state index contributed by atoms with van der Waals surface area (Å²) in [5.41, 5.74) is 0. The van der Waals surface area contributed by atoms with Gasteiger partial charge in [0.1, 0.15) is 0 Å². The summed E-state index contributed by atoms with van der Waals surface area (Å²) in [5, 5.41) is 3.18. The van der Waals surface area contributed by atoms with Crippen LogP contribution in [0.25, 0.3) is 0 Å². The van der Waals surface area contributed by atoms with E-state index in [0.717, 1.165) is 45.4 Å². The van der Waals surface area contributed by atoms with Crippen molar-refractivity contribution in [3.8, 4) is 0 Å². The second-order valence-corrected chi connectivity index (χ2v) is 5.54. The monoisotopic (exact) mass is 287 g/mol. The van der Waals surface area contributed by atoms with E-state index in [-0.39, 0.29) is 6.29 Å². The summed E-state index contributed by atoms with van der Waals surface area (Å²) < 4.78 is 11.8. The number of nitrogens with one attached hydrogen (secondary N) is 1. The molecule has 0 unspecified atom stereocenters. The van der Waals surface area contributed by atoms with E-state index in [0.29, 0.717) is 0 Å². The van der Waals surface area contributed by atoms with E-state index in [2.05, 4.69) is 19.2 Å². The highest BCUT2D eigenvalue weighted by Crippen LogP contribution is 2.09. The Balaban J connectivity index is 3.64. The van der Waals surface area contributed by atoms with Crippen molar-refractivity contribution in [3.63, 3.8) is 0 Å². The van der Waals surface area contributed by atoms with Crippen LogP contribution in [0.15, 0.2) is 0 Å². The Labute approximate surface area is 126 Å². The Morgan fingerprint density at radius 3 is 1.75 bits per heavy atom. The summed E-state index contributed by atoms with van der Waals surface area (Å²) in [6.45, 7) is 7.20. The molecule has 0 aliphatic carbocycles. The van der Waals surface area contributed by atoms with Gasteiger partial charge in [-0.2, -0.15) is 0 Å². The van der Waals surface area contributed by atoms with Crippen LogP contribution in [0.5, 0.6) is 0 Å². The zero-order chi connectivity index (χ0) is 14.9. The molecule has 0 atom stereocenters. The van der Waals surface area contributed by atoms with Gasteiger partial charge in [-0.1, -0.05) is 52.4 Å². The second kappa shape index (κ2) is 16.9. The molecule has 0 aliphatic heterocycles. The zero-order valence-electron chi connectivity index (χ0n) is 14.1. The lowest BCUT2D eigenvalue weighted by Gasteiger charge is -2.18. The van der Waals surface area contributed by atoms with Crippen molar-refractivity contribution in [2.24, 2.45) is 0 Å². The van der Waals surface area contributed by atoms with E-state index >= 15 is 0 Å². The van der Waals surface area contributed by atoms with Gasteiger partial charge in [-0.05, 0) is 39.3 Å². The maximum absolute atomic E-state index is 5.89. The summed E-state index contributed by atoms with van der Waals surface area (Å²) in [6, 6.07) is 0. The lowest BCUT2D eigenvalue weighted by molar-refractivity contribution is -0.147. The van der Waals surface area contributed by atoms with Crippen LogP contribution in [0.2, 0.25) is 0 Å². The lowest BCUT2D eigenvalue weighted by atomic mass is 10.2. The van der Waals surface area contributed by atoms with Gasteiger partial charge in [0.25, 0.3) is 0 Å². The topological polar surface area (TPSA) is 30.5 Å². The second-order valence-electron chi connectivity index (χ2n) is 5.54. The molecule has 0 rings (SSSR count). The van der Waals surface area contributed by atoms with Crippen LogP contribution in [0, 0.1) is 0 Å². The van der Waals surface area contributed by atoms with Gasteiger partial charge in [0.05, 0.1) is 0 Å². The Bertz CT molecular complexity index is 162. The molecular weight excluding hydrogens is 250 g/mol. The summed E-state index contributed by atoms with van der Waals surface area (Å²) in [5.74, 6) is 0. The van der Waals surface area contributed by atoms with Gasteiger partial charge in [0.15, 0.2) is 6.29 Å². The Morgan fingerprint density at radius 1 is 0.750 bits per heavy atom. The van der Waals surface area contributed by atoms with Crippen LogP contribution in [0.4, 0.5) is 0 Å². The average molecular weight is 287 g/mol. The normalized spacial score (nSPS) is 11.4. The molecule has 122 valence electrons. The fourth-order valence-corrected chi connectivity index (χ4v) is 2.15. The number of hydrogen-bond acceptors (Lipinski definition) is 3. The molecule has 0 aromatic rings. The summed E-state index contributed by atoms with van der Waals surface area (Å²) in [7, 11) is 1.99. The van der Waals surface area contributed by atoms with Gasteiger partial charge in [-0.3, -0.25) is 0 Å². The lowest BCUT2D eigenvalue weighted by Crippen LogP contribution is -2.21. The smallest absolute Gasteiger partial charge is 0.157 e. The molecule has 0 aromatic heterocycles. The highest BCUT2D eigenvalue weighted by molar-refractivity contribution is 4.51. The molecule has 3 heteroatoms. The third kappa shape index (κ3) is 14.3. The van der Waals surface area contributed by atoms with Gasteiger partial charge in [-0.15, -0.1) is 0 Å². The first kappa shape index (κ1) is 19.9. The number of hydrogen-bond donors (Lipinski definition) is 1. The van der Waals surface area contributed by atoms with E-state index in [9.17, 15) is 0 Å². The number of unbranched alkanes of at least 4 members (excludes halogenated alkanes) is 6. The molecule has 0 saturated heterocycles. The molecule has 0 bridgehead atoms. The first-order valence-corrected chi connectivity index (χ1v) is 8.72. The predicted molar refractivity (Wildman–Crippen MR) is 87.1 cm³/mol. The minimum atomic E-state index is 0.00611. The van der Waals surface area contributed by atoms with Gasteiger partial charge < -0.3 is 14.8 Å². The van der Waals surface area contributed by atoms with Gasteiger partial charge in [0.2, 0.25) is 0 Å². The Hall–Kier alpha value is -0.120. The highest BCUT2D eigenvalue weighted by Gasteiger charge is 2.08. The largest absolute Gasteiger partial charge is 0.353 e. The zero-order valence-corrected chi connectivity index (χ0v) is 14.1. The summed E-state index contributed by atoms with van der Waals surface area (Å²) in [6.07, 6.45) is 12.2. The van der Waals surface area contributed by atoms with Crippen LogP contribution in [0.1, 0.15) is 78.1 Å². The van der Waals surface area contributed by atoms with Crippen molar-refractivity contribution in [3.05, 3.63) is 0 Å². The highest BCUT2D eigenvalue weighted by atomic mass is 16.7. The minimum Gasteiger partial charge on any atom is -0.353 e. The van der Waals surface area contributed by atoms with E-state index in [4.69, 9.17) is 9.47 Å². The summed E-state index contributed by atoms with van der Waals surface area (Å²) >= 11 is 0. The average Bonchev–Trinajstić information content (AvgIpc) is 2.46. The first-order chi connectivity index (χ1) is 9.85. The van der Waals surface area contributed by atoms with E-state index < -0.39 is 0 Å². The fourth-order valence-electron chi connectivity index (χ4n) is 2.15. The van der Waals surface area contributed by atoms with Crippen molar-refractivity contribution in [2.75, 3.05) is 26.8 Å². The molecule has 0 amide bonds. The quantitative estimate of drug-likeness (QED) is 0.335. The minimum absolute atomic E-state index is 0.00611. The Morgan fingerprint density at radius 2 is 1.30 bits per heavy atom. The van der Waals surface area contributed by atoms with Crippen molar-refractivity contribution in [1.82, 2.24) is 5.32 Å². The summed E-state index contributed by atoms with van der Waals surface area (Å²) in [4.78, 5) is 0. The van der Waals surface area contributed by atoms with Crippen LogP contribution in [-0.4, -0.2) is 33.1 Å². The molecule has 0 aliphatic rings. The first-order valence-electron chi connectivity index (χ1n) is 8.72. The third-order valence-electron chi connectivity index (χ3n) is 3.47. The van der Waals surface area contributed by atoms with Gasteiger partial charge >= 0.3 is 0 Å². The van der Waals surface area contributed by atoms with E-state index in [1.54, 1.807) is 0 Å². The van der Waals surface area contributed by atoms with E-state index in [1.807, 2.05) is 7.05 Å². The number of ether oxygens (including phenoxy) is 2. The van der Waals surface area contributed by atoms with Crippen LogP contribution in [-0.2, 0) is 9.47 Å². The number of rotatable bonds is 16. The molecule has 0 saturated carbocycles. The molecule has 0 spiro atoms. The van der Waals surface area contributed by atoms with Crippen LogP contribution >= 0.6 is 0 Å². The molecule has 1 N–H and O–H groups in total. The molecular formula is C17H37NO2. The van der Waals surface area contributed by atoms with Crippen molar-refractivity contribution >= 4 is 0 Å². The van der Waals surface area contributed by atoms with Crippen molar-refractivity contribution in [2.45, 2.75) is 84.3 Å². The van der Waals surface area contributed by atoms with Gasteiger partial charge in [0, 0.05) is 13.2 Å². The predicted octanol–water partition coefficient (Wildman–Crippen LogP) is 4.51. The third-order valence-corrected chi connectivity index (χ3v) is 3.47. The molecule has 0 heterocycles. The molecule has 0 aromatic carbocycles. The van der Waals surface area contributed by atoms with Crippen LogP contribution in [0.3, 0.4) is 0 Å². The Kier molecular flexibility index (Phi) is 16.8. The molecule has 20 heavy (non-hydrogen) atoms. The fraction of sp³-hybridized carbons (Fsp3) is 1.00. The maximum atomic E-state index is 5.89. The molecule has 3 nitrogen and oxygen atoms in total. The maximum Gasteiger partial charge on any atom is 0.157 e. The standard InChI is InChI=1S/C17H37NO2/c1-4-6-8-10-15-19-17(13-12-14-18-3)20-16-11-9-7-5-2/h17-18H,4-16H2,1-3H3.